The maximum atomic E-state index is 9.95. The first-order valence-electron chi connectivity index (χ1n) is 6.29. The van der Waals surface area contributed by atoms with Crippen LogP contribution in [0, 0.1) is 0 Å². The van der Waals surface area contributed by atoms with Gasteiger partial charge in [-0.3, -0.25) is 4.79 Å². The monoisotopic (exact) mass is 214 g/mol. The van der Waals surface area contributed by atoms with Gasteiger partial charge in [0.05, 0.1) is 0 Å². The molecule has 0 aromatic carbocycles. The van der Waals surface area contributed by atoms with Crippen molar-refractivity contribution in [2.45, 2.75) is 57.8 Å². The molecule has 0 aliphatic rings. The van der Waals surface area contributed by atoms with Crippen molar-refractivity contribution in [3.8, 4) is 0 Å². The van der Waals surface area contributed by atoms with Gasteiger partial charge in [0.15, 0.2) is 0 Å². The predicted molar refractivity (Wildman–Crippen MR) is 64.7 cm³/mol. The molecule has 0 bridgehead atoms. The molecule has 3 nitrogen and oxygen atoms in total. The molecule has 1 amide bonds. The second-order valence-corrected chi connectivity index (χ2v) is 4.04. The third-order valence-electron chi connectivity index (χ3n) is 2.61. The Morgan fingerprint density at radius 3 is 1.73 bits per heavy atom. The predicted octanol–water partition coefficient (Wildman–Crippen LogP) is 2.20. The lowest BCUT2D eigenvalue weighted by Gasteiger charge is -2.01. The van der Waals surface area contributed by atoms with Crippen molar-refractivity contribution >= 4 is 6.41 Å². The third-order valence-corrected chi connectivity index (χ3v) is 2.61. The average Bonchev–Trinajstić information content (AvgIpc) is 2.26. The molecule has 0 rings (SSSR count). The summed E-state index contributed by atoms with van der Waals surface area (Å²) in [6, 6.07) is 0. The van der Waals surface area contributed by atoms with Crippen LogP contribution < -0.4 is 11.1 Å². The standard InChI is InChI=1S/C12H26N2O/c13-10-8-6-4-2-1-3-5-7-9-11-14-12-15/h12H,1-11,13H2,(H,14,15). The van der Waals surface area contributed by atoms with E-state index in [0.29, 0.717) is 0 Å². The van der Waals surface area contributed by atoms with Crippen LogP contribution in [-0.4, -0.2) is 19.5 Å². The molecule has 15 heavy (non-hydrogen) atoms. The highest BCUT2D eigenvalue weighted by Crippen LogP contribution is 2.08. The van der Waals surface area contributed by atoms with E-state index in [1.807, 2.05) is 0 Å². The van der Waals surface area contributed by atoms with Gasteiger partial charge in [-0.2, -0.15) is 0 Å². The van der Waals surface area contributed by atoms with E-state index < -0.39 is 0 Å². The molecule has 0 saturated carbocycles. The van der Waals surface area contributed by atoms with Crippen LogP contribution in [0.25, 0.3) is 0 Å². The van der Waals surface area contributed by atoms with Gasteiger partial charge in [-0.1, -0.05) is 44.9 Å². The van der Waals surface area contributed by atoms with Gasteiger partial charge in [-0.15, -0.1) is 0 Å². The second-order valence-electron chi connectivity index (χ2n) is 4.04. The van der Waals surface area contributed by atoms with Gasteiger partial charge >= 0.3 is 0 Å². The molecular formula is C12H26N2O. The molecule has 0 radical (unpaired) electrons. The molecule has 0 atom stereocenters. The van der Waals surface area contributed by atoms with E-state index in [1.165, 1.54) is 51.4 Å². The first-order chi connectivity index (χ1) is 7.41. The number of hydrogen-bond donors (Lipinski definition) is 2. The van der Waals surface area contributed by atoms with Crippen LogP contribution in [0.2, 0.25) is 0 Å². The summed E-state index contributed by atoms with van der Waals surface area (Å²) >= 11 is 0. The van der Waals surface area contributed by atoms with Crippen molar-refractivity contribution in [2.75, 3.05) is 13.1 Å². The summed E-state index contributed by atoms with van der Waals surface area (Å²) in [5.74, 6) is 0. The van der Waals surface area contributed by atoms with Crippen molar-refractivity contribution in [3.63, 3.8) is 0 Å². The number of carbonyl (C=O) groups excluding carboxylic acids is 1. The van der Waals surface area contributed by atoms with Crippen molar-refractivity contribution in [3.05, 3.63) is 0 Å². The number of nitrogens with one attached hydrogen (secondary N) is 1. The quantitative estimate of drug-likeness (QED) is 0.386. The number of nitrogens with two attached hydrogens (primary N) is 1. The smallest absolute Gasteiger partial charge is 0.207 e. The number of carbonyl (C=O) groups is 1. The summed E-state index contributed by atoms with van der Waals surface area (Å²) in [7, 11) is 0. The maximum Gasteiger partial charge on any atom is 0.207 e. The minimum absolute atomic E-state index is 0.775. The van der Waals surface area contributed by atoms with Gasteiger partial charge in [0, 0.05) is 6.54 Å². The van der Waals surface area contributed by atoms with E-state index in [9.17, 15) is 4.79 Å². The van der Waals surface area contributed by atoms with Crippen LogP contribution >= 0.6 is 0 Å². The Balaban J connectivity index is 2.83. The zero-order valence-corrected chi connectivity index (χ0v) is 9.84. The molecule has 0 spiro atoms. The van der Waals surface area contributed by atoms with Gasteiger partial charge in [-0.05, 0) is 19.4 Å². The highest BCUT2D eigenvalue weighted by molar-refractivity contribution is 5.45. The Bertz CT molecular complexity index is 129. The number of amides is 1. The van der Waals surface area contributed by atoms with E-state index >= 15 is 0 Å². The van der Waals surface area contributed by atoms with Gasteiger partial charge < -0.3 is 11.1 Å². The lowest BCUT2D eigenvalue weighted by Crippen LogP contribution is -2.11. The van der Waals surface area contributed by atoms with E-state index in [1.54, 1.807) is 0 Å². The Kier molecular flexibility index (Phi) is 12.9. The topological polar surface area (TPSA) is 55.1 Å². The van der Waals surface area contributed by atoms with E-state index in [4.69, 9.17) is 5.73 Å². The lowest BCUT2D eigenvalue weighted by atomic mass is 10.1. The van der Waals surface area contributed by atoms with E-state index in [2.05, 4.69) is 5.32 Å². The van der Waals surface area contributed by atoms with Gasteiger partial charge in [0.2, 0.25) is 6.41 Å². The third kappa shape index (κ3) is 13.4. The van der Waals surface area contributed by atoms with Gasteiger partial charge in [-0.25, -0.2) is 0 Å². The minimum atomic E-state index is 0.775. The van der Waals surface area contributed by atoms with Gasteiger partial charge in [0.25, 0.3) is 0 Å². The molecule has 0 aliphatic heterocycles. The summed E-state index contributed by atoms with van der Waals surface area (Å²) in [4.78, 5) is 9.95. The Morgan fingerprint density at radius 1 is 0.800 bits per heavy atom. The first-order valence-corrected chi connectivity index (χ1v) is 6.29. The summed E-state index contributed by atoms with van der Waals surface area (Å²) < 4.78 is 0. The van der Waals surface area contributed by atoms with Crippen LogP contribution in [0.1, 0.15) is 57.8 Å². The zero-order chi connectivity index (χ0) is 11.2. The van der Waals surface area contributed by atoms with Crippen LogP contribution in [0.15, 0.2) is 0 Å². The Hall–Kier alpha value is -0.570. The van der Waals surface area contributed by atoms with Crippen LogP contribution in [0.5, 0.6) is 0 Å². The molecule has 0 fully saturated rings. The lowest BCUT2D eigenvalue weighted by molar-refractivity contribution is -0.109. The molecule has 0 aromatic heterocycles. The molecule has 3 heteroatoms. The molecule has 90 valence electrons. The molecule has 0 unspecified atom stereocenters. The Morgan fingerprint density at radius 2 is 1.27 bits per heavy atom. The second kappa shape index (κ2) is 13.4. The molecule has 3 N–H and O–H groups in total. The fraction of sp³-hybridized carbons (Fsp3) is 0.917. The Labute approximate surface area is 93.8 Å². The summed E-state index contributed by atoms with van der Waals surface area (Å²) in [6.45, 7) is 1.67. The molecule has 0 heterocycles. The van der Waals surface area contributed by atoms with Crippen molar-refractivity contribution < 1.29 is 4.79 Å². The maximum absolute atomic E-state index is 9.95. The van der Waals surface area contributed by atoms with Crippen LogP contribution in [0.3, 0.4) is 0 Å². The normalized spacial score (nSPS) is 10.2. The van der Waals surface area contributed by atoms with E-state index in [0.717, 1.165) is 25.9 Å². The molecule has 0 saturated heterocycles. The summed E-state index contributed by atoms with van der Waals surface area (Å²) in [5.41, 5.74) is 5.42. The fourth-order valence-electron chi connectivity index (χ4n) is 1.67. The van der Waals surface area contributed by atoms with Crippen molar-refractivity contribution in [1.29, 1.82) is 0 Å². The van der Waals surface area contributed by atoms with Gasteiger partial charge in [0.1, 0.15) is 0 Å². The molecular weight excluding hydrogens is 188 g/mol. The zero-order valence-electron chi connectivity index (χ0n) is 9.84. The largest absolute Gasteiger partial charge is 0.359 e. The van der Waals surface area contributed by atoms with Crippen LogP contribution in [-0.2, 0) is 4.79 Å². The fourth-order valence-corrected chi connectivity index (χ4v) is 1.67. The molecule has 0 aliphatic carbocycles. The SMILES string of the molecule is NCCCCCCCCCCCNC=O. The average molecular weight is 214 g/mol. The van der Waals surface area contributed by atoms with Crippen molar-refractivity contribution in [2.24, 2.45) is 5.73 Å². The summed E-state index contributed by atoms with van der Waals surface area (Å²) in [6.07, 6.45) is 12.3. The first kappa shape index (κ1) is 14.4. The summed E-state index contributed by atoms with van der Waals surface area (Å²) in [5, 5.41) is 2.68. The van der Waals surface area contributed by atoms with E-state index in [-0.39, 0.29) is 0 Å². The highest BCUT2D eigenvalue weighted by atomic mass is 16.1. The number of hydrogen-bond acceptors (Lipinski definition) is 2. The van der Waals surface area contributed by atoms with Crippen molar-refractivity contribution in [1.82, 2.24) is 5.32 Å². The number of unbranched alkanes of at least 4 members (excludes halogenated alkanes) is 8. The minimum Gasteiger partial charge on any atom is -0.359 e. The van der Waals surface area contributed by atoms with Crippen LogP contribution in [0.4, 0.5) is 0 Å². The molecule has 0 aromatic rings. The highest BCUT2D eigenvalue weighted by Gasteiger charge is 1.91. The number of rotatable bonds is 12.